The van der Waals surface area contributed by atoms with Crippen LogP contribution in [0, 0.1) is 0 Å². The van der Waals surface area contributed by atoms with Crippen molar-refractivity contribution >= 4 is 33.7 Å². The molecule has 1 aliphatic heterocycles. The van der Waals surface area contributed by atoms with E-state index in [1.54, 1.807) is 0 Å². The molecule has 3 rings (SSSR count). The number of para-hydroxylation sites is 1. The summed E-state index contributed by atoms with van der Waals surface area (Å²) in [4.78, 5) is 27.7. The first-order valence-electron chi connectivity index (χ1n) is 11.9. The molecule has 182 valence electrons. The smallest absolute Gasteiger partial charge is 0.335 e. The van der Waals surface area contributed by atoms with Crippen LogP contribution in [0.1, 0.15) is 12.4 Å². The molecular formula is C21H22N2O10S. The van der Waals surface area contributed by atoms with Gasteiger partial charge in [0, 0.05) is 11.8 Å². The number of carbonyl (C=O) groups excluding carboxylic acids is 1. The topological polar surface area (TPSA) is 192 Å². The molecule has 5 atom stereocenters. The molecule has 1 amide bonds. The van der Waals surface area contributed by atoms with E-state index in [1.165, 1.54) is 18.2 Å². The van der Waals surface area contributed by atoms with Gasteiger partial charge < -0.3 is 25.2 Å². The van der Waals surface area contributed by atoms with Crippen molar-refractivity contribution in [1.82, 2.24) is 5.48 Å². The number of hydroxylamine groups is 1. The molecule has 13 heteroatoms. The van der Waals surface area contributed by atoms with Crippen molar-refractivity contribution in [1.29, 1.82) is 0 Å². The Balaban J connectivity index is 1.71. The van der Waals surface area contributed by atoms with Crippen molar-refractivity contribution in [3.63, 3.8) is 0 Å². The first-order valence-corrected chi connectivity index (χ1v) is 10.9. The second-order valence-corrected chi connectivity index (χ2v) is 8.51. The first-order chi connectivity index (χ1) is 18.2. The zero-order chi connectivity index (χ0) is 29.2. The fourth-order valence-electron chi connectivity index (χ4n) is 2.75. The Kier molecular flexibility index (Phi) is 6.01. The molecule has 0 saturated carbocycles. The molecule has 2 aromatic carbocycles. The number of nitrogens with one attached hydrogen (secondary N) is 2. The maximum Gasteiger partial charge on any atom is 0.335 e. The number of hydrogen-bond acceptors (Lipinski definition) is 9. The van der Waals surface area contributed by atoms with Gasteiger partial charge in [-0.25, -0.2) is 23.5 Å². The van der Waals surface area contributed by atoms with E-state index in [0.29, 0.717) is 0 Å². The van der Waals surface area contributed by atoms with Gasteiger partial charge in [-0.15, -0.1) is 0 Å². The first kappa shape index (κ1) is 19.0. The van der Waals surface area contributed by atoms with Gasteiger partial charge in [0.05, 0.1) is 11.7 Å². The molecular weight excluding hydrogens is 472 g/mol. The second-order valence-electron chi connectivity index (χ2n) is 6.83. The van der Waals surface area contributed by atoms with Gasteiger partial charge in [0.25, 0.3) is 15.9 Å². The van der Waals surface area contributed by atoms with Crippen LogP contribution < -0.4 is 10.2 Å². The van der Waals surface area contributed by atoms with Crippen molar-refractivity contribution in [2.45, 2.75) is 35.6 Å². The van der Waals surface area contributed by atoms with E-state index >= 15 is 0 Å². The van der Waals surface area contributed by atoms with Gasteiger partial charge >= 0.3 is 5.97 Å². The summed E-state index contributed by atoms with van der Waals surface area (Å²) in [5.74, 6) is -2.62. The molecule has 0 unspecified atom stereocenters. The second kappa shape index (κ2) is 10.7. The van der Waals surface area contributed by atoms with Crippen LogP contribution in [0.5, 0.6) is 0 Å². The monoisotopic (exact) mass is 499 g/mol. The van der Waals surface area contributed by atoms with Crippen LogP contribution in [0.15, 0.2) is 65.4 Å². The number of carbonyl (C=O) groups is 2. The van der Waals surface area contributed by atoms with Crippen LogP contribution in [0.25, 0.3) is 6.08 Å². The average molecular weight is 500 g/mol. The molecule has 1 fully saturated rings. The summed E-state index contributed by atoms with van der Waals surface area (Å²) in [6.07, 6.45) is -7.56. The number of sulfonamides is 1. The van der Waals surface area contributed by atoms with Gasteiger partial charge in [-0.2, -0.15) is 0 Å². The maximum atomic E-state index is 12.8. The lowest BCUT2D eigenvalue weighted by Gasteiger charge is -2.37. The number of aliphatic hydroxyl groups excluding tert-OH is 3. The number of ether oxygens (including phenoxy) is 1. The Morgan fingerprint density at radius 1 is 1.09 bits per heavy atom. The Morgan fingerprint density at radius 2 is 1.79 bits per heavy atom. The van der Waals surface area contributed by atoms with E-state index in [4.69, 9.17) is 21.5 Å². The highest BCUT2D eigenvalue weighted by Gasteiger charge is 2.47. The van der Waals surface area contributed by atoms with E-state index in [9.17, 15) is 33.3 Å². The Bertz CT molecular complexity index is 1400. The molecule has 6 N–H and O–H groups in total. The van der Waals surface area contributed by atoms with Gasteiger partial charge in [0.2, 0.25) is 6.29 Å². The van der Waals surface area contributed by atoms with Gasteiger partial charge in [0.1, 0.15) is 18.3 Å². The molecule has 0 spiro atoms. The van der Waals surface area contributed by atoms with E-state index < -0.39 is 88.5 Å². The number of amides is 1. The molecule has 0 bridgehead atoms. The lowest BCUT2D eigenvalue weighted by Crippen LogP contribution is -2.61. The predicted molar refractivity (Wildman–Crippen MR) is 116 cm³/mol. The Labute approximate surface area is 201 Å². The number of rotatable bonds is 8. The number of benzene rings is 2. The molecule has 0 aromatic heterocycles. The number of aliphatic carboxylic acids is 1. The van der Waals surface area contributed by atoms with Crippen molar-refractivity contribution in [2.24, 2.45) is 0 Å². The molecule has 34 heavy (non-hydrogen) atoms. The third-order valence-electron chi connectivity index (χ3n) is 4.42. The van der Waals surface area contributed by atoms with Crippen LogP contribution in [0.3, 0.4) is 0 Å². The van der Waals surface area contributed by atoms with E-state index in [2.05, 4.69) is 0 Å². The lowest BCUT2D eigenvalue weighted by atomic mass is 9.99. The SMILES string of the molecule is [2H]c1c([2H])c([2H])c(NS(=O)(=O)c2cccc(/C=C/C(=O)NO[C@@H]3O[C@H](C(=O)O)[C@@H](O)[C@H](O)[C@H]3O)c2)c([2H])c1[2H]. The number of carboxylic acid groups (broad SMARTS) is 1. The fourth-order valence-corrected chi connectivity index (χ4v) is 3.79. The van der Waals surface area contributed by atoms with Crippen LogP contribution in [0.4, 0.5) is 5.69 Å². The van der Waals surface area contributed by atoms with E-state index in [1.807, 2.05) is 10.2 Å². The van der Waals surface area contributed by atoms with Gasteiger partial charge in [-0.05, 0) is 35.9 Å². The highest BCUT2D eigenvalue weighted by molar-refractivity contribution is 7.92. The lowest BCUT2D eigenvalue weighted by molar-refractivity contribution is -0.305. The van der Waals surface area contributed by atoms with E-state index in [-0.39, 0.29) is 10.5 Å². The van der Waals surface area contributed by atoms with Gasteiger partial charge in [0.15, 0.2) is 6.10 Å². The summed E-state index contributed by atoms with van der Waals surface area (Å²) in [5.41, 5.74) is 1.36. The average Bonchev–Trinajstić information content (AvgIpc) is 2.90. The minimum absolute atomic E-state index is 0.174. The molecule has 1 heterocycles. The summed E-state index contributed by atoms with van der Waals surface area (Å²) in [6, 6.07) is 1.36. The van der Waals surface area contributed by atoms with E-state index in [0.717, 1.165) is 18.2 Å². The zero-order valence-electron chi connectivity index (χ0n) is 22.0. The van der Waals surface area contributed by atoms with Crippen molar-refractivity contribution in [2.75, 3.05) is 4.72 Å². The molecule has 0 aliphatic carbocycles. The summed E-state index contributed by atoms with van der Waals surface area (Å²) < 4.78 is 71.2. The number of anilines is 1. The molecule has 1 saturated heterocycles. The van der Waals surface area contributed by atoms with Crippen LogP contribution in [-0.4, -0.2) is 71.4 Å². The maximum absolute atomic E-state index is 12.8. The third-order valence-corrected chi connectivity index (χ3v) is 5.77. The normalized spacial score (nSPS) is 27.1. The Morgan fingerprint density at radius 3 is 2.47 bits per heavy atom. The van der Waals surface area contributed by atoms with Crippen molar-refractivity contribution < 1.29 is 54.9 Å². The number of aliphatic hydroxyl groups is 3. The van der Waals surface area contributed by atoms with Crippen molar-refractivity contribution in [3.05, 3.63) is 66.1 Å². The van der Waals surface area contributed by atoms with Crippen molar-refractivity contribution in [3.8, 4) is 0 Å². The van der Waals surface area contributed by atoms with Gasteiger partial charge in [-0.1, -0.05) is 30.3 Å². The highest BCUT2D eigenvalue weighted by atomic mass is 32.2. The predicted octanol–water partition coefficient (Wildman–Crippen LogP) is -0.559. The molecule has 2 aromatic rings. The van der Waals surface area contributed by atoms with Crippen LogP contribution in [-0.2, 0) is 29.2 Å². The van der Waals surface area contributed by atoms with Crippen LogP contribution in [0.2, 0.25) is 0 Å². The number of hydrogen-bond donors (Lipinski definition) is 6. The quantitative estimate of drug-likeness (QED) is 0.203. The largest absolute Gasteiger partial charge is 0.479 e. The minimum Gasteiger partial charge on any atom is -0.479 e. The summed E-state index contributed by atoms with van der Waals surface area (Å²) >= 11 is 0. The van der Waals surface area contributed by atoms with Gasteiger partial charge in [-0.3, -0.25) is 9.52 Å². The zero-order valence-corrected chi connectivity index (χ0v) is 17.8. The molecule has 1 aliphatic rings. The number of carboxylic acids is 1. The molecule has 0 radical (unpaired) electrons. The highest BCUT2D eigenvalue weighted by Crippen LogP contribution is 2.22. The fraction of sp³-hybridized carbons (Fsp3) is 0.238. The Hall–Kier alpha value is -3.33. The summed E-state index contributed by atoms with van der Waals surface area (Å²) in [5, 5.41) is 38.3. The minimum atomic E-state index is -4.43. The summed E-state index contributed by atoms with van der Waals surface area (Å²) in [6.45, 7) is 0. The molecule has 12 nitrogen and oxygen atoms in total. The van der Waals surface area contributed by atoms with Crippen LogP contribution >= 0.6 is 0 Å². The summed E-state index contributed by atoms with van der Waals surface area (Å²) in [7, 11) is -4.43. The third kappa shape index (κ3) is 6.17. The standard InChI is InChI=1S/C21H22N2O10S/c24-15(22-33-21-18(27)16(25)17(26)19(32-21)20(28)29)10-9-12-5-4-8-14(11-12)34(30,31)23-13-6-2-1-3-7-13/h1-11,16-19,21,23,25-27H,(H,22,24)(H,28,29)/b10-9+/t16-,17-,18+,19-,21-/m0/s1/i1D,2D,3D,6D,7D.